The number of rotatable bonds is 7. The molecule has 0 spiro atoms. The number of anilines is 1. The van der Waals surface area contributed by atoms with Gasteiger partial charge in [0.05, 0.1) is 18.2 Å². The maximum Gasteiger partial charge on any atom is 0.338 e. The molecule has 2 N–H and O–H groups in total. The van der Waals surface area contributed by atoms with Crippen molar-refractivity contribution in [3.05, 3.63) is 77.0 Å². The van der Waals surface area contributed by atoms with E-state index in [4.69, 9.17) is 17.0 Å². The molecule has 172 valence electrons. The van der Waals surface area contributed by atoms with Crippen LogP contribution < -0.4 is 10.6 Å². The molecule has 1 amide bonds. The van der Waals surface area contributed by atoms with Crippen molar-refractivity contribution in [3.63, 3.8) is 0 Å². The third kappa shape index (κ3) is 4.78. The van der Waals surface area contributed by atoms with Gasteiger partial charge in [0.2, 0.25) is 5.91 Å². The fourth-order valence-corrected chi connectivity index (χ4v) is 4.82. The Hall–Kier alpha value is -3.19. The number of carbonyl (C=O) groups excluding carboxylic acids is 2. The summed E-state index contributed by atoms with van der Waals surface area (Å²) in [5.41, 5.74) is 4.16. The standard InChI is InChI=1S/C26H29N3O3S/c1-4-29-16(3)22(25(31)32-5-2)23(28-26(29)33)18-11-13-19(14-12-18)27-24(30)21-15-20(21)17-9-7-6-8-10-17/h6-14,20-21,23H,4-5,15H2,1-3H3,(H,27,30)(H,28,33). The Balaban J connectivity index is 1.49. The number of hydrogen-bond acceptors (Lipinski definition) is 4. The lowest BCUT2D eigenvalue weighted by Crippen LogP contribution is -2.47. The zero-order valence-electron chi connectivity index (χ0n) is 19.1. The molecule has 1 saturated carbocycles. The quantitative estimate of drug-likeness (QED) is 0.465. The lowest BCUT2D eigenvalue weighted by atomic mass is 9.95. The van der Waals surface area contributed by atoms with Crippen molar-refractivity contribution in [2.24, 2.45) is 5.92 Å². The Kier molecular flexibility index (Phi) is 6.79. The van der Waals surface area contributed by atoms with E-state index in [1.54, 1.807) is 6.92 Å². The van der Waals surface area contributed by atoms with Crippen LogP contribution in [-0.4, -0.2) is 35.0 Å². The second-order valence-corrected chi connectivity index (χ2v) is 8.70. The predicted octanol–water partition coefficient (Wildman–Crippen LogP) is 4.52. The molecule has 3 atom stereocenters. The van der Waals surface area contributed by atoms with Gasteiger partial charge in [0, 0.05) is 23.8 Å². The van der Waals surface area contributed by atoms with E-state index < -0.39 is 6.04 Å². The average Bonchev–Trinajstić information content (AvgIpc) is 3.61. The summed E-state index contributed by atoms with van der Waals surface area (Å²) in [7, 11) is 0. The summed E-state index contributed by atoms with van der Waals surface area (Å²) in [6, 6.07) is 17.3. The molecule has 1 aliphatic heterocycles. The Morgan fingerprint density at radius 2 is 1.79 bits per heavy atom. The topological polar surface area (TPSA) is 70.7 Å². The third-order valence-electron chi connectivity index (χ3n) is 6.27. The Bertz CT molecular complexity index is 1080. The van der Waals surface area contributed by atoms with Crippen LogP contribution in [0, 0.1) is 5.92 Å². The SMILES string of the molecule is CCOC(=O)C1=C(C)N(CC)C(=S)NC1c1ccc(NC(=O)C2CC2c2ccccc2)cc1. The van der Waals surface area contributed by atoms with Crippen LogP contribution in [-0.2, 0) is 14.3 Å². The molecule has 0 bridgehead atoms. The molecule has 2 aromatic carbocycles. The first kappa shape index (κ1) is 23.0. The molecular formula is C26H29N3O3S. The molecule has 1 fully saturated rings. The van der Waals surface area contributed by atoms with Gasteiger partial charge in [0.25, 0.3) is 0 Å². The van der Waals surface area contributed by atoms with Gasteiger partial charge in [-0.1, -0.05) is 42.5 Å². The first-order valence-electron chi connectivity index (χ1n) is 11.4. The summed E-state index contributed by atoms with van der Waals surface area (Å²) >= 11 is 5.53. The number of benzene rings is 2. The number of thiocarbonyl (C=S) groups is 1. The minimum Gasteiger partial charge on any atom is -0.463 e. The molecule has 0 aromatic heterocycles. The third-order valence-corrected chi connectivity index (χ3v) is 6.61. The zero-order chi connectivity index (χ0) is 23.5. The number of nitrogens with one attached hydrogen (secondary N) is 2. The lowest BCUT2D eigenvalue weighted by molar-refractivity contribution is -0.139. The van der Waals surface area contributed by atoms with Crippen molar-refractivity contribution in [3.8, 4) is 0 Å². The van der Waals surface area contributed by atoms with Gasteiger partial charge in [0.1, 0.15) is 0 Å². The minimum atomic E-state index is -0.407. The van der Waals surface area contributed by atoms with Crippen LogP contribution in [0.15, 0.2) is 65.9 Å². The van der Waals surface area contributed by atoms with Crippen molar-refractivity contribution in [2.45, 2.75) is 39.2 Å². The molecule has 6 nitrogen and oxygen atoms in total. The Labute approximate surface area is 200 Å². The van der Waals surface area contributed by atoms with Crippen molar-refractivity contribution in [2.75, 3.05) is 18.5 Å². The van der Waals surface area contributed by atoms with E-state index in [2.05, 4.69) is 22.8 Å². The summed E-state index contributed by atoms with van der Waals surface area (Å²) in [5.74, 6) is -0.0215. The number of nitrogens with zero attached hydrogens (tertiary/aromatic N) is 1. The van der Waals surface area contributed by atoms with Gasteiger partial charge in [-0.2, -0.15) is 0 Å². The highest BCUT2D eigenvalue weighted by Gasteiger charge is 2.43. The van der Waals surface area contributed by atoms with Crippen LogP contribution in [0.1, 0.15) is 50.3 Å². The molecule has 3 unspecified atom stereocenters. The van der Waals surface area contributed by atoms with Gasteiger partial charge in [-0.3, -0.25) is 4.79 Å². The smallest absolute Gasteiger partial charge is 0.338 e. The summed E-state index contributed by atoms with van der Waals surface area (Å²) in [4.78, 5) is 27.3. The molecule has 33 heavy (non-hydrogen) atoms. The highest BCUT2D eigenvalue weighted by molar-refractivity contribution is 7.80. The Morgan fingerprint density at radius 3 is 2.42 bits per heavy atom. The van der Waals surface area contributed by atoms with Crippen molar-refractivity contribution < 1.29 is 14.3 Å². The van der Waals surface area contributed by atoms with Gasteiger partial charge < -0.3 is 20.3 Å². The monoisotopic (exact) mass is 463 g/mol. The van der Waals surface area contributed by atoms with Crippen LogP contribution >= 0.6 is 12.2 Å². The molecule has 0 saturated heterocycles. The normalized spacial score (nSPS) is 22.0. The van der Waals surface area contributed by atoms with Crippen molar-refractivity contribution in [1.29, 1.82) is 0 Å². The van der Waals surface area contributed by atoms with Crippen LogP contribution in [0.2, 0.25) is 0 Å². The zero-order valence-corrected chi connectivity index (χ0v) is 19.9. The number of amides is 1. The number of carbonyl (C=O) groups is 2. The molecular weight excluding hydrogens is 434 g/mol. The molecule has 1 heterocycles. The van der Waals surface area contributed by atoms with Crippen molar-refractivity contribution >= 4 is 34.9 Å². The second kappa shape index (κ2) is 9.75. The molecule has 2 aromatic rings. The first-order valence-corrected chi connectivity index (χ1v) is 11.8. The van der Waals surface area contributed by atoms with Crippen LogP contribution in [0.25, 0.3) is 0 Å². The second-order valence-electron chi connectivity index (χ2n) is 8.32. The van der Waals surface area contributed by atoms with Crippen LogP contribution in [0.4, 0.5) is 5.69 Å². The number of hydrogen-bond donors (Lipinski definition) is 2. The Morgan fingerprint density at radius 1 is 1.09 bits per heavy atom. The molecule has 0 radical (unpaired) electrons. The van der Waals surface area contributed by atoms with E-state index in [1.165, 1.54) is 5.56 Å². The molecule has 2 aliphatic rings. The van der Waals surface area contributed by atoms with Crippen molar-refractivity contribution in [1.82, 2.24) is 10.2 Å². The van der Waals surface area contributed by atoms with E-state index in [9.17, 15) is 9.59 Å². The van der Waals surface area contributed by atoms with E-state index in [0.29, 0.717) is 29.8 Å². The first-order chi connectivity index (χ1) is 15.9. The minimum absolute atomic E-state index is 0.00508. The number of esters is 1. The summed E-state index contributed by atoms with van der Waals surface area (Å²) in [5, 5.41) is 6.88. The maximum absolute atomic E-state index is 12.8. The van der Waals surface area contributed by atoms with Crippen LogP contribution in [0.5, 0.6) is 0 Å². The van der Waals surface area contributed by atoms with Crippen LogP contribution in [0.3, 0.4) is 0 Å². The average molecular weight is 464 g/mol. The molecule has 4 rings (SSSR count). The van der Waals surface area contributed by atoms with E-state index >= 15 is 0 Å². The summed E-state index contributed by atoms with van der Waals surface area (Å²) in [6.45, 7) is 6.63. The number of ether oxygens (including phenoxy) is 1. The van der Waals surface area contributed by atoms with Gasteiger partial charge in [-0.15, -0.1) is 0 Å². The fourth-order valence-electron chi connectivity index (χ4n) is 4.43. The number of allylic oxidation sites excluding steroid dienone is 1. The summed E-state index contributed by atoms with van der Waals surface area (Å²) in [6.07, 6.45) is 0.873. The van der Waals surface area contributed by atoms with E-state index in [1.807, 2.05) is 61.2 Å². The predicted molar refractivity (Wildman–Crippen MR) is 133 cm³/mol. The lowest BCUT2D eigenvalue weighted by Gasteiger charge is -2.37. The molecule has 1 aliphatic carbocycles. The largest absolute Gasteiger partial charge is 0.463 e. The van der Waals surface area contributed by atoms with E-state index in [-0.39, 0.29) is 17.8 Å². The highest BCUT2D eigenvalue weighted by Crippen LogP contribution is 2.47. The van der Waals surface area contributed by atoms with Gasteiger partial charge in [-0.05, 0) is 68.6 Å². The summed E-state index contributed by atoms with van der Waals surface area (Å²) < 4.78 is 5.32. The van der Waals surface area contributed by atoms with E-state index in [0.717, 1.165) is 23.4 Å². The van der Waals surface area contributed by atoms with Gasteiger partial charge in [-0.25, -0.2) is 4.79 Å². The molecule has 7 heteroatoms. The highest BCUT2D eigenvalue weighted by atomic mass is 32.1. The maximum atomic E-state index is 12.8. The van der Waals surface area contributed by atoms with Gasteiger partial charge >= 0.3 is 5.97 Å². The fraction of sp³-hybridized carbons (Fsp3) is 0.346. The van der Waals surface area contributed by atoms with Gasteiger partial charge in [0.15, 0.2) is 5.11 Å².